The van der Waals surface area contributed by atoms with Gasteiger partial charge < -0.3 is 10.2 Å². The van der Waals surface area contributed by atoms with Gasteiger partial charge in [-0.25, -0.2) is 4.98 Å². The van der Waals surface area contributed by atoms with E-state index in [1.54, 1.807) is 0 Å². The molecule has 3 heteroatoms. The number of oxazole rings is 1. The largest absolute Gasteiger partial charge is 0.443 e. The summed E-state index contributed by atoms with van der Waals surface area (Å²) in [6.45, 7) is 0.793. The van der Waals surface area contributed by atoms with Crippen molar-refractivity contribution < 1.29 is 4.42 Å². The normalized spacial score (nSPS) is 18.6. The predicted molar refractivity (Wildman–Crippen MR) is 63.1 cm³/mol. The molecule has 0 bridgehead atoms. The van der Waals surface area contributed by atoms with Crippen molar-refractivity contribution in [3.8, 4) is 0 Å². The van der Waals surface area contributed by atoms with E-state index in [1.807, 2.05) is 6.07 Å². The van der Waals surface area contributed by atoms with Crippen molar-refractivity contribution in [1.82, 2.24) is 4.98 Å². The molecule has 1 aliphatic carbocycles. The van der Waals surface area contributed by atoms with E-state index in [1.165, 1.54) is 31.2 Å². The van der Waals surface area contributed by atoms with Gasteiger partial charge in [-0.2, -0.15) is 0 Å². The lowest BCUT2D eigenvalue weighted by Gasteiger charge is -2.41. The van der Waals surface area contributed by atoms with Crippen LogP contribution in [-0.4, -0.2) is 11.5 Å². The van der Waals surface area contributed by atoms with Crippen molar-refractivity contribution in [3.05, 3.63) is 30.2 Å². The maximum Gasteiger partial charge on any atom is 0.181 e. The van der Waals surface area contributed by atoms with Gasteiger partial charge >= 0.3 is 0 Å². The lowest BCUT2D eigenvalue weighted by atomic mass is 9.65. The Morgan fingerprint density at radius 2 is 2.25 bits per heavy atom. The summed E-state index contributed by atoms with van der Waals surface area (Å²) in [5.74, 6) is 0. The van der Waals surface area contributed by atoms with Gasteiger partial charge in [0.2, 0.25) is 0 Å². The van der Waals surface area contributed by atoms with Crippen LogP contribution in [-0.2, 0) is 6.42 Å². The van der Waals surface area contributed by atoms with E-state index in [-0.39, 0.29) is 0 Å². The molecule has 2 N–H and O–H groups in total. The number of benzene rings is 1. The predicted octanol–water partition coefficient (Wildman–Crippen LogP) is 2.50. The summed E-state index contributed by atoms with van der Waals surface area (Å²) in [6.07, 6.45) is 6.41. The number of rotatable bonds is 3. The topological polar surface area (TPSA) is 52.0 Å². The zero-order valence-electron chi connectivity index (χ0n) is 9.28. The molecule has 1 fully saturated rings. The molecule has 0 saturated heterocycles. The van der Waals surface area contributed by atoms with Crippen LogP contribution in [0.2, 0.25) is 0 Å². The van der Waals surface area contributed by atoms with Crippen LogP contribution in [0, 0.1) is 5.41 Å². The second-order valence-electron chi connectivity index (χ2n) is 4.89. The Bertz CT molecular complexity index is 494. The van der Waals surface area contributed by atoms with Gasteiger partial charge in [-0.05, 0) is 48.9 Å². The van der Waals surface area contributed by atoms with Crippen LogP contribution >= 0.6 is 0 Å². The number of nitrogens with two attached hydrogens (primary N) is 1. The van der Waals surface area contributed by atoms with Gasteiger partial charge in [-0.15, -0.1) is 0 Å². The molecule has 3 nitrogen and oxygen atoms in total. The third kappa shape index (κ3) is 1.52. The highest BCUT2D eigenvalue weighted by molar-refractivity contribution is 5.72. The number of hydrogen-bond acceptors (Lipinski definition) is 3. The first-order valence-corrected chi connectivity index (χ1v) is 5.84. The summed E-state index contributed by atoms with van der Waals surface area (Å²) < 4.78 is 5.32. The molecule has 1 aromatic heterocycles. The average molecular weight is 216 g/mol. The van der Waals surface area contributed by atoms with Gasteiger partial charge in [0.1, 0.15) is 5.52 Å². The van der Waals surface area contributed by atoms with Crippen molar-refractivity contribution in [2.45, 2.75) is 25.7 Å². The van der Waals surface area contributed by atoms with E-state index in [4.69, 9.17) is 10.2 Å². The van der Waals surface area contributed by atoms with Crippen LogP contribution in [0.15, 0.2) is 29.0 Å². The highest BCUT2D eigenvalue weighted by atomic mass is 16.3. The lowest BCUT2D eigenvalue weighted by molar-refractivity contribution is 0.145. The number of fused-ring (bicyclic) bond motifs is 1. The Morgan fingerprint density at radius 3 is 2.94 bits per heavy atom. The summed E-state index contributed by atoms with van der Waals surface area (Å²) in [5, 5.41) is 0. The second-order valence-corrected chi connectivity index (χ2v) is 4.89. The summed E-state index contributed by atoms with van der Waals surface area (Å²) >= 11 is 0. The molecular formula is C13H16N2O. The fraction of sp³-hybridized carbons (Fsp3) is 0.462. The summed E-state index contributed by atoms with van der Waals surface area (Å²) in [4.78, 5) is 4.12. The quantitative estimate of drug-likeness (QED) is 0.857. The molecule has 2 aromatic rings. The summed E-state index contributed by atoms with van der Waals surface area (Å²) in [7, 11) is 0. The van der Waals surface area contributed by atoms with Gasteiger partial charge in [-0.1, -0.05) is 12.5 Å². The molecule has 1 aliphatic rings. The molecule has 84 valence electrons. The molecule has 0 spiro atoms. The molecular weight excluding hydrogens is 200 g/mol. The van der Waals surface area contributed by atoms with E-state index >= 15 is 0 Å². The fourth-order valence-electron chi connectivity index (χ4n) is 2.57. The van der Waals surface area contributed by atoms with Gasteiger partial charge in [0.15, 0.2) is 12.0 Å². The van der Waals surface area contributed by atoms with Crippen molar-refractivity contribution >= 4 is 11.1 Å². The average Bonchev–Trinajstić information content (AvgIpc) is 2.70. The van der Waals surface area contributed by atoms with Crippen LogP contribution in [0.5, 0.6) is 0 Å². The van der Waals surface area contributed by atoms with E-state index in [0.717, 1.165) is 24.1 Å². The summed E-state index contributed by atoms with van der Waals surface area (Å²) in [5.41, 5.74) is 9.35. The number of aromatic nitrogens is 1. The fourth-order valence-corrected chi connectivity index (χ4v) is 2.57. The SMILES string of the molecule is NCC1(Cc2ccc3ncoc3c2)CCC1. The molecule has 0 atom stereocenters. The maximum absolute atomic E-state index is 5.87. The third-order valence-electron chi connectivity index (χ3n) is 3.82. The molecule has 0 radical (unpaired) electrons. The second kappa shape index (κ2) is 3.59. The molecule has 0 amide bonds. The Morgan fingerprint density at radius 1 is 1.38 bits per heavy atom. The first-order valence-electron chi connectivity index (χ1n) is 5.84. The number of hydrogen-bond donors (Lipinski definition) is 1. The van der Waals surface area contributed by atoms with Gasteiger partial charge in [0.25, 0.3) is 0 Å². The summed E-state index contributed by atoms with van der Waals surface area (Å²) in [6, 6.07) is 6.26. The minimum absolute atomic E-state index is 0.355. The first kappa shape index (κ1) is 9.85. The maximum atomic E-state index is 5.87. The molecule has 16 heavy (non-hydrogen) atoms. The zero-order valence-corrected chi connectivity index (χ0v) is 9.28. The minimum Gasteiger partial charge on any atom is -0.443 e. The van der Waals surface area contributed by atoms with E-state index < -0.39 is 0 Å². The Kier molecular flexibility index (Phi) is 2.21. The van der Waals surface area contributed by atoms with Crippen molar-refractivity contribution in [2.24, 2.45) is 11.1 Å². The van der Waals surface area contributed by atoms with Crippen LogP contribution < -0.4 is 5.73 Å². The highest BCUT2D eigenvalue weighted by Crippen LogP contribution is 2.42. The molecule has 1 saturated carbocycles. The molecule has 3 rings (SSSR count). The standard InChI is InChI=1S/C13H16N2O/c14-8-13(4-1-5-13)7-10-2-3-11-12(6-10)16-9-15-11/h2-3,6,9H,1,4-5,7-8,14H2. The number of nitrogens with zero attached hydrogens (tertiary/aromatic N) is 1. The molecule has 0 aliphatic heterocycles. The van der Waals surface area contributed by atoms with E-state index in [9.17, 15) is 0 Å². The first-order chi connectivity index (χ1) is 7.81. The highest BCUT2D eigenvalue weighted by Gasteiger charge is 2.35. The van der Waals surface area contributed by atoms with Gasteiger partial charge in [0.05, 0.1) is 0 Å². The third-order valence-corrected chi connectivity index (χ3v) is 3.82. The van der Waals surface area contributed by atoms with Crippen LogP contribution in [0.3, 0.4) is 0 Å². The van der Waals surface area contributed by atoms with Gasteiger partial charge in [-0.3, -0.25) is 0 Å². The van der Waals surface area contributed by atoms with Crippen molar-refractivity contribution in [1.29, 1.82) is 0 Å². The Balaban J connectivity index is 1.88. The molecule has 1 heterocycles. The van der Waals surface area contributed by atoms with E-state index in [0.29, 0.717) is 5.41 Å². The van der Waals surface area contributed by atoms with Crippen molar-refractivity contribution in [2.75, 3.05) is 6.54 Å². The monoisotopic (exact) mass is 216 g/mol. The minimum atomic E-state index is 0.355. The van der Waals surface area contributed by atoms with Crippen LogP contribution in [0.4, 0.5) is 0 Å². The molecule has 1 aromatic carbocycles. The van der Waals surface area contributed by atoms with Crippen LogP contribution in [0.25, 0.3) is 11.1 Å². The van der Waals surface area contributed by atoms with Gasteiger partial charge in [0, 0.05) is 0 Å². The smallest absolute Gasteiger partial charge is 0.181 e. The van der Waals surface area contributed by atoms with Crippen molar-refractivity contribution in [3.63, 3.8) is 0 Å². The lowest BCUT2D eigenvalue weighted by Crippen LogP contribution is -2.39. The Hall–Kier alpha value is -1.35. The molecule has 0 unspecified atom stereocenters. The zero-order chi connectivity index (χ0) is 11.0. The van der Waals surface area contributed by atoms with Crippen LogP contribution in [0.1, 0.15) is 24.8 Å². The Labute approximate surface area is 94.7 Å². The van der Waals surface area contributed by atoms with E-state index in [2.05, 4.69) is 17.1 Å².